The molecule has 8 nitrogen and oxygen atoms in total. The Hall–Kier alpha value is -1.55. The van der Waals surface area contributed by atoms with Crippen molar-refractivity contribution in [1.82, 2.24) is 9.69 Å². The highest BCUT2D eigenvalue weighted by Crippen LogP contribution is 2.36. The van der Waals surface area contributed by atoms with E-state index in [-0.39, 0.29) is 16.8 Å². The lowest BCUT2D eigenvalue weighted by Crippen LogP contribution is -2.37. The number of rotatable bonds is 3. The second-order valence-electron chi connectivity index (χ2n) is 4.54. The summed E-state index contributed by atoms with van der Waals surface area (Å²) < 4.78 is 32.0. The third-order valence-corrected chi connectivity index (χ3v) is 5.21. The zero-order chi connectivity index (χ0) is 14.9. The summed E-state index contributed by atoms with van der Waals surface area (Å²) in [4.78, 5) is 13.1. The van der Waals surface area contributed by atoms with Crippen molar-refractivity contribution in [1.29, 1.82) is 0 Å². The van der Waals surface area contributed by atoms with Gasteiger partial charge in [-0.2, -0.15) is 4.37 Å². The number of alkyl carbamates (subject to hydrolysis) is 1. The molecule has 0 bridgehead atoms. The fourth-order valence-electron chi connectivity index (χ4n) is 2.12. The van der Waals surface area contributed by atoms with Crippen molar-refractivity contribution in [2.24, 2.45) is 0 Å². The van der Waals surface area contributed by atoms with Crippen LogP contribution in [0.15, 0.2) is 4.90 Å². The summed E-state index contributed by atoms with van der Waals surface area (Å²) in [7, 11) is -2.13. The van der Waals surface area contributed by atoms with Crippen LogP contribution in [0.4, 0.5) is 15.6 Å². The predicted octanol–water partition coefficient (Wildman–Crippen LogP) is 0.0635. The van der Waals surface area contributed by atoms with E-state index in [1.54, 1.807) is 0 Å². The first-order chi connectivity index (χ1) is 9.32. The minimum Gasteiger partial charge on any atom is -0.453 e. The first-order valence-electron chi connectivity index (χ1n) is 5.87. The van der Waals surface area contributed by atoms with Gasteiger partial charge < -0.3 is 20.7 Å². The van der Waals surface area contributed by atoms with Gasteiger partial charge in [0.25, 0.3) is 0 Å². The van der Waals surface area contributed by atoms with E-state index in [1.165, 1.54) is 7.11 Å². The van der Waals surface area contributed by atoms with Crippen LogP contribution in [-0.4, -0.2) is 51.4 Å². The number of hydrogen-bond donors (Lipinski definition) is 2. The minimum absolute atomic E-state index is 0.0249. The van der Waals surface area contributed by atoms with Gasteiger partial charge in [0.05, 0.1) is 13.2 Å². The van der Waals surface area contributed by atoms with Crippen molar-refractivity contribution in [3.05, 3.63) is 0 Å². The number of methoxy groups -OCH3 is 1. The Bertz CT molecular complexity index is 613. The fraction of sp³-hybridized carbons (Fsp3) is 0.600. The first kappa shape index (κ1) is 14.9. The maximum Gasteiger partial charge on any atom is 0.407 e. The molecule has 1 amide bonds. The number of ether oxygens (including phenoxy) is 1. The number of amides is 1. The number of hydrogen-bond acceptors (Lipinski definition) is 8. The fourth-order valence-corrected chi connectivity index (χ4v) is 4.36. The molecule has 1 unspecified atom stereocenters. The van der Waals surface area contributed by atoms with Gasteiger partial charge in [-0.3, -0.25) is 0 Å². The number of sulfone groups is 1. The molecule has 1 atom stereocenters. The third kappa shape index (κ3) is 2.96. The molecule has 2 heterocycles. The van der Waals surface area contributed by atoms with Gasteiger partial charge in [0.15, 0.2) is 15.7 Å². The molecule has 1 aromatic rings. The van der Waals surface area contributed by atoms with Crippen LogP contribution in [0.5, 0.6) is 0 Å². The Kier molecular flexibility index (Phi) is 4.04. The van der Waals surface area contributed by atoms with Crippen LogP contribution in [0.25, 0.3) is 0 Å². The van der Waals surface area contributed by atoms with Crippen LogP contribution in [0.1, 0.15) is 6.42 Å². The Morgan fingerprint density at radius 3 is 2.90 bits per heavy atom. The highest BCUT2D eigenvalue weighted by atomic mass is 32.2. The molecule has 112 valence electrons. The molecule has 0 aliphatic carbocycles. The third-order valence-electron chi connectivity index (χ3n) is 3.01. The molecule has 2 rings (SSSR count). The van der Waals surface area contributed by atoms with Crippen molar-refractivity contribution in [3.63, 3.8) is 0 Å². The maximum atomic E-state index is 11.8. The van der Waals surface area contributed by atoms with E-state index in [9.17, 15) is 13.2 Å². The summed E-state index contributed by atoms with van der Waals surface area (Å²) in [6.07, 6.45) is 1.32. The van der Waals surface area contributed by atoms with E-state index >= 15 is 0 Å². The smallest absolute Gasteiger partial charge is 0.407 e. The zero-order valence-electron chi connectivity index (χ0n) is 11.1. The molecule has 20 heavy (non-hydrogen) atoms. The van der Waals surface area contributed by atoms with Crippen LogP contribution in [0.2, 0.25) is 0 Å². The minimum atomic E-state index is -3.43. The number of aromatic nitrogens is 1. The molecule has 0 radical (unpaired) electrons. The van der Waals surface area contributed by atoms with Gasteiger partial charge in [-0.1, -0.05) is 0 Å². The lowest BCUT2D eigenvalue weighted by molar-refractivity contribution is 0.167. The number of nitrogens with two attached hydrogens (primary N) is 1. The quantitative estimate of drug-likeness (QED) is 0.809. The summed E-state index contributed by atoms with van der Waals surface area (Å²) in [6.45, 7) is 1.12. The topological polar surface area (TPSA) is 115 Å². The Morgan fingerprint density at radius 1 is 1.60 bits per heavy atom. The van der Waals surface area contributed by atoms with Gasteiger partial charge in [-0.25, -0.2) is 13.2 Å². The number of anilines is 2. The van der Waals surface area contributed by atoms with Crippen LogP contribution >= 0.6 is 11.5 Å². The summed E-state index contributed by atoms with van der Waals surface area (Å²) in [5.41, 5.74) is 5.64. The van der Waals surface area contributed by atoms with Crippen molar-refractivity contribution >= 4 is 38.3 Å². The molecule has 1 aliphatic heterocycles. The molecule has 0 aromatic carbocycles. The molecular formula is C10H16N4O4S2. The maximum absolute atomic E-state index is 11.8. The molecule has 1 aliphatic rings. The van der Waals surface area contributed by atoms with Crippen LogP contribution < -0.4 is 16.0 Å². The molecule has 0 saturated carbocycles. The Labute approximate surface area is 121 Å². The lowest BCUT2D eigenvalue weighted by atomic mass is 10.3. The largest absolute Gasteiger partial charge is 0.453 e. The summed E-state index contributed by atoms with van der Waals surface area (Å²) in [5.74, 6) is 0.0249. The molecule has 1 aromatic heterocycles. The van der Waals surface area contributed by atoms with Gasteiger partial charge >= 0.3 is 6.09 Å². The zero-order valence-corrected chi connectivity index (χ0v) is 12.8. The highest BCUT2D eigenvalue weighted by molar-refractivity contribution is 7.91. The van der Waals surface area contributed by atoms with Gasteiger partial charge in [0.2, 0.25) is 0 Å². The van der Waals surface area contributed by atoms with Gasteiger partial charge in [0.1, 0.15) is 9.90 Å². The normalized spacial score (nSPS) is 19.1. The number of nitrogens with zero attached hydrogens (tertiary/aromatic N) is 2. The standard InChI is InChI=1S/C10H16N4O4S2/c1-18-10(15)12-6-3-4-14(5-6)9-7(20(2,16)17)8(11)13-19-9/h6H,3-5H2,1-2H3,(H2,11,13)(H,12,15). The summed E-state index contributed by atoms with van der Waals surface area (Å²) in [5, 5.41) is 3.22. The second kappa shape index (κ2) is 5.44. The number of carbonyl (C=O) groups excluding carboxylic acids is 1. The SMILES string of the molecule is COC(=O)NC1CCN(c2snc(N)c2S(C)(=O)=O)C1. The Morgan fingerprint density at radius 2 is 2.30 bits per heavy atom. The number of nitrogen functional groups attached to an aromatic ring is 1. The van der Waals surface area contributed by atoms with Crippen molar-refractivity contribution in [2.75, 3.05) is 37.1 Å². The van der Waals surface area contributed by atoms with E-state index < -0.39 is 15.9 Å². The van der Waals surface area contributed by atoms with Crippen molar-refractivity contribution in [3.8, 4) is 0 Å². The van der Waals surface area contributed by atoms with E-state index in [2.05, 4.69) is 14.4 Å². The summed E-state index contributed by atoms with van der Waals surface area (Å²) in [6, 6.07) is -0.0850. The molecule has 10 heteroatoms. The number of carbonyl (C=O) groups is 1. The lowest BCUT2D eigenvalue weighted by Gasteiger charge is -2.17. The van der Waals surface area contributed by atoms with Crippen LogP contribution in [-0.2, 0) is 14.6 Å². The van der Waals surface area contributed by atoms with E-state index in [1.807, 2.05) is 4.90 Å². The average Bonchev–Trinajstić information content (AvgIpc) is 2.94. The molecule has 1 saturated heterocycles. The highest BCUT2D eigenvalue weighted by Gasteiger charge is 2.31. The molecule has 1 fully saturated rings. The van der Waals surface area contributed by atoms with Gasteiger partial charge in [-0.05, 0) is 18.0 Å². The van der Waals surface area contributed by atoms with E-state index in [0.717, 1.165) is 17.8 Å². The molecular weight excluding hydrogens is 304 g/mol. The molecule has 0 spiro atoms. The summed E-state index contributed by atoms with van der Waals surface area (Å²) >= 11 is 1.05. The van der Waals surface area contributed by atoms with E-state index in [4.69, 9.17) is 5.73 Å². The van der Waals surface area contributed by atoms with Crippen molar-refractivity contribution in [2.45, 2.75) is 17.4 Å². The Balaban J connectivity index is 2.17. The predicted molar refractivity (Wildman–Crippen MR) is 75.8 cm³/mol. The van der Waals surface area contributed by atoms with Gasteiger partial charge in [0, 0.05) is 19.3 Å². The number of nitrogens with one attached hydrogen (secondary N) is 1. The van der Waals surface area contributed by atoms with Gasteiger partial charge in [-0.15, -0.1) is 0 Å². The van der Waals surface area contributed by atoms with E-state index in [0.29, 0.717) is 24.5 Å². The van der Waals surface area contributed by atoms with Crippen LogP contribution in [0, 0.1) is 0 Å². The monoisotopic (exact) mass is 320 g/mol. The van der Waals surface area contributed by atoms with Crippen molar-refractivity contribution < 1.29 is 17.9 Å². The average molecular weight is 320 g/mol. The first-order valence-corrected chi connectivity index (χ1v) is 8.54. The van der Waals surface area contributed by atoms with Crippen LogP contribution in [0.3, 0.4) is 0 Å². The second-order valence-corrected chi connectivity index (χ2v) is 7.25. The molecule has 3 N–H and O–H groups in total.